The zero-order chi connectivity index (χ0) is 15.2. The summed E-state index contributed by atoms with van der Waals surface area (Å²) in [5.74, 6) is -0.484. The summed E-state index contributed by atoms with van der Waals surface area (Å²) in [5.41, 5.74) is 0.828. The summed E-state index contributed by atoms with van der Waals surface area (Å²) in [7, 11) is 0. The Bertz CT molecular complexity index is 490. The van der Waals surface area contributed by atoms with Crippen molar-refractivity contribution in [2.75, 3.05) is 18.0 Å². The molecule has 0 spiro atoms. The number of carboxylic acid groups (broad SMARTS) is 1. The molecule has 2 unspecified atom stereocenters. The second kappa shape index (κ2) is 7.22. The van der Waals surface area contributed by atoms with Gasteiger partial charge in [0, 0.05) is 18.7 Å². The molecule has 0 radical (unpaired) electrons. The number of carbonyl (C=O) groups excluding carboxylic acids is 1. The van der Waals surface area contributed by atoms with E-state index in [4.69, 9.17) is 5.11 Å². The lowest BCUT2D eigenvalue weighted by atomic mass is 10.0. The molecular formula is C16H22N2O3. The Hall–Kier alpha value is -1.88. The van der Waals surface area contributed by atoms with Crippen LogP contribution in [0.1, 0.15) is 26.2 Å². The minimum absolute atomic E-state index is 0.0385. The van der Waals surface area contributed by atoms with Gasteiger partial charge in [-0.2, -0.15) is 0 Å². The third-order valence-electron chi connectivity index (χ3n) is 3.91. The van der Waals surface area contributed by atoms with Gasteiger partial charge < -0.3 is 15.3 Å². The zero-order valence-electron chi connectivity index (χ0n) is 12.3. The highest BCUT2D eigenvalue weighted by atomic mass is 16.4. The zero-order valence-corrected chi connectivity index (χ0v) is 12.3. The van der Waals surface area contributed by atoms with E-state index in [1.54, 1.807) is 4.90 Å². The quantitative estimate of drug-likeness (QED) is 0.839. The maximum absolute atomic E-state index is 12.7. The summed E-state index contributed by atoms with van der Waals surface area (Å²) >= 11 is 0. The maximum Gasteiger partial charge on any atom is 0.303 e. The largest absolute Gasteiger partial charge is 0.481 e. The van der Waals surface area contributed by atoms with Gasteiger partial charge in [0.05, 0.1) is 6.04 Å². The van der Waals surface area contributed by atoms with E-state index in [-0.39, 0.29) is 18.4 Å². The van der Waals surface area contributed by atoms with Gasteiger partial charge >= 0.3 is 5.97 Å². The van der Waals surface area contributed by atoms with Crippen molar-refractivity contribution in [1.29, 1.82) is 0 Å². The first kappa shape index (κ1) is 15.5. The lowest BCUT2D eigenvalue weighted by molar-refractivity contribution is -0.137. The van der Waals surface area contributed by atoms with Gasteiger partial charge in [-0.3, -0.25) is 9.59 Å². The maximum atomic E-state index is 12.7. The molecule has 0 aromatic heterocycles. The van der Waals surface area contributed by atoms with Crippen LogP contribution in [-0.2, 0) is 9.59 Å². The molecule has 1 amide bonds. The van der Waals surface area contributed by atoms with Gasteiger partial charge in [0.1, 0.15) is 0 Å². The van der Waals surface area contributed by atoms with Crippen LogP contribution in [0.2, 0.25) is 0 Å². The van der Waals surface area contributed by atoms with Crippen molar-refractivity contribution in [3.8, 4) is 0 Å². The van der Waals surface area contributed by atoms with Crippen molar-refractivity contribution < 1.29 is 14.7 Å². The Morgan fingerprint density at radius 1 is 1.33 bits per heavy atom. The Balaban J connectivity index is 2.11. The number of carboxylic acids is 1. The van der Waals surface area contributed by atoms with E-state index in [0.717, 1.165) is 18.7 Å². The third kappa shape index (κ3) is 4.04. The molecule has 1 aliphatic rings. The van der Waals surface area contributed by atoms with Gasteiger partial charge in [0.15, 0.2) is 0 Å². The summed E-state index contributed by atoms with van der Waals surface area (Å²) in [4.78, 5) is 25.1. The van der Waals surface area contributed by atoms with Gasteiger partial charge in [0.25, 0.3) is 0 Å². The summed E-state index contributed by atoms with van der Waals surface area (Å²) < 4.78 is 0. The lowest BCUT2D eigenvalue weighted by Gasteiger charge is -2.27. The SMILES string of the molecule is CC1CCNC1C(=O)N(CCCC(=O)O)c1ccccc1. The number of amides is 1. The first-order chi connectivity index (χ1) is 10.1. The number of carbonyl (C=O) groups is 2. The van der Waals surface area contributed by atoms with Crippen LogP contribution in [0, 0.1) is 5.92 Å². The molecule has 1 aromatic rings. The molecular weight excluding hydrogens is 268 g/mol. The number of anilines is 1. The van der Waals surface area contributed by atoms with Crippen LogP contribution in [0.3, 0.4) is 0 Å². The topological polar surface area (TPSA) is 69.6 Å². The molecule has 1 aliphatic heterocycles. The van der Waals surface area contributed by atoms with Gasteiger partial charge in [-0.15, -0.1) is 0 Å². The first-order valence-corrected chi connectivity index (χ1v) is 7.41. The van der Waals surface area contributed by atoms with Crippen molar-refractivity contribution in [1.82, 2.24) is 5.32 Å². The van der Waals surface area contributed by atoms with Crippen LogP contribution in [0.25, 0.3) is 0 Å². The van der Waals surface area contributed by atoms with Gasteiger partial charge in [-0.25, -0.2) is 0 Å². The van der Waals surface area contributed by atoms with Crippen molar-refractivity contribution in [2.45, 2.75) is 32.2 Å². The normalized spacial score (nSPS) is 21.2. The molecule has 1 saturated heterocycles. The number of aliphatic carboxylic acids is 1. The molecule has 114 valence electrons. The smallest absolute Gasteiger partial charge is 0.303 e. The highest BCUT2D eigenvalue weighted by molar-refractivity contribution is 5.97. The highest BCUT2D eigenvalue weighted by Gasteiger charge is 2.32. The molecule has 0 aliphatic carbocycles. The fourth-order valence-electron chi connectivity index (χ4n) is 2.70. The van der Waals surface area contributed by atoms with Crippen molar-refractivity contribution >= 4 is 17.6 Å². The summed E-state index contributed by atoms with van der Waals surface area (Å²) in [5, 5.41) is 12.0. The number of hydrogen-bond acceptors (Lipinski definition) is 3. The number of nitrogens with zero attached hydrogens (tertiary/aromatic N) is 1. The number of para-hydroxylation sites is 1. The Labute approximate surface area is 125 Å². The average Bonchev–Trinajstić information content (AvgIpc) is 2.90. The Morgan fingerprint density at radius 2 is 2.05 bits per heavy atom. The average molecular weight is 290 g/mol. The second-order valence-electron chi connectivity index (χ2n) is 5.52. The second-order valence-corrected chi connectivity index (χ2v) is 5.52. The van der Waals surface area contributed by atoms with E-state index in [1.165, 1.54) is 0 Å². The summed E-state index contributed by atoms with van der Waals surface area (Å²) in [6.45, 7) is 3.36. The Morgan fingerprint density at radius 3 is 2.62 bits per heavy atom. The van der Waals surface area contributed by atoms with E-state index in [0.29, 0.717) is 18.9 Å². The summed E-state index contributed by atoms with van der Waals surface area (Å²) in [6.07, 6.45) is 1.52. The minimum Gasteiger partial charge on any atom is -0.481 e. The highest BCUT2D eigenvalue weighted by Crippen LogP contribution is 2.21. The predicted molar refractivity (Wildman–Crippen MR) is 81.2 cm³/mol. The predicted octanol–water partition coefficient (Wildman–Crippen LogP) is 1.88. The molecule has 5 heteroatoms. The van der Waals surface area contributed by atoms with Crippen LogP contribution in [0.15, 0.2) is 30.3 Å². The molecule has 2 N–H and O–H groups in total. The van der Waals surface area contributed by atoms with E-state index in [1.807, 2.05) is 30.3 Å². The molecule has 5 nitrogen and oxygen atoms in total. The molecule has 1 heterocycles. The number of rotatable bonds is 6. The minimum atomic E-state index is -0.831. The monoisotopic (exact) mass is 290 g/mol. The first-order valence-electron chi connectivity index (χ1n) is 7.41. The molecule has 1 aromatic carbocycles. The van der Waals surface area contributed by atoms with Crippen LogP contribution in [-0.4, -0.2) is 36.1 Å². The van der Waals surface area contributed by atoms with E-state index in [9.17, 15) is 9.59 Å². The molecule has 1 fully saturated rings. The van der Waals surface area contributed by atoms with Gasteiger partial charge in [-0.05, 0) is 37.4 Å². The number of nitrogens with one attached hydrogen (secondary N) is 1. The van der Waals surface area contributed by atoms with Crippen molar-refractivity contribution in [3.05, 3.63) is 30.3 Å². The van der Waals surface area contributed by atoms with E-state index >= 15 is 0 Å². The van der Waals surface area contributed by atoms with Crippen LogP contribution < -0.4 is 10.2 Å². The standard InChI is InChI=1S/C16H22N2O3/c1-12-9-10-17-15(12)16(21)18(11-5-8-14(19)20)13-6-3-2-4-7-13/h2-4,6-7,12,15,17H,5,8-11H2,1H3,(H,19,20). The molecule has 2 rings (SSSR count). The molecule has 0 bridgehead atoms. The summed E-state index contributed by atoms with van der Waals surface area (Å²) in [6, 6.07) is 9.28. The Kier molecular flexibility index (Phi) is 5.33. The van der Waals surface area contributed by atoms with Crippen LogP contribution in [0.4, 0.5) is 5.69 Å². The molecule has 21 heavy (non-hydrogen) atoms. The van der Waals surface area contributed by atoms with Crippen LogP contribution >= 0.6 is 0 Å². The molecule has 2 atom stereocenters. The van der Waals surface area contributed by atoms with Crippen molar-refractivity contribution in [3.63, 3.8) is 0 Å². The molecule has 0 saturated carbocycles. The van der Waals surface area contributed by atoms with E-state index < -0.39 is 5.97 Å². The number of hydrogen-bond donors (Lipinski definition) is 2. The van der Waals surface area contributed by atoms with E-state index in [2.05, 4.69) is 12.2 Å². The van der Waals surface area contributed by atoms with Crippen LogP contribution in [0.5, 0.6) is 0 Å². The number of benzene rings is 1. The van der Waals surface area contributed by atoms with Gasteiger partial charge in [0.2, 0.25) is 5.91 Å². The fourth-order valence-corrected chi connectivity index (χ4v) is 2.70. The van der Waals surface area contributed by atoms with Gasteiger partial charge in [-0.1, -0.05) is 25.1 Å². The lowest BCUT2D eigenvalue weighted by Crippen LogP contribution is -2.46. The fraction of sp³-hybridized carbons (Fsp3) is 0.500. The van der Waals surface area contributed by atoms with Crippen molar-refractivity contribution in [2.24, 2.45) is 5.92 Å². The third-order valence-corrected chi connectivity index (χ3v) is 3.91.